The zero-order valence-electron chi connectivity index (χ0n) is 16.2. The molecule has 146 valence electrons. The Morgan fingerprint density at radius 2 is 2.14 bits per heavy atom. The molecule has 0 bridgehead atoms. The molecule has 28 heavy (non-hydrogen) atoms. The average Bonchev–Trinajstić information content (AvgIpc) is 3.27. The van der Waals surface area contributed by atoms with Crippen LogP contribution < -0.4 is 5.32 Å². The van der Waals surface area contributed by atoms with Gasteiger partial charge < -0.3 is 14.2 Å². The van der Waals surface area contributed by atoms with E-state index < -0.39 is 0 Å². The predicted octanol–water partition coefficient (Wildman–Crippen LogP) is 3.73. The van der Waals surface area contributed by atoms with Gasteiger partial charge in [0.2, 0.25) is 5.88 Å². The van der Waals surface area contributed by atoms with Crippen molar-refractivity contribution in [1.29, 1.82) is 5.26 Å². The molecule has 1 N–H and O–H groups in total. The first-order valence-electron chi connectivity index (χ1n) is 9.62. The van der Waals surface area contributed by atoms with Crippen molar-refractivity contribution >= 4 is 11.9 Å². The van der Waals surface area contributed by atoms with Gasteiger partial charge in [-0.05, 0) is 50.8 Å². The molecule has 4 rings (SSSR count). The first kappa shape index (κ1) is 18.5. The predicted molar refractivity (Wildman–Crippen MR) is 103 cm³/mol. The van der Waals surface area contributed by atoms with Crippen molar-refractivity contribution in [3.8, 4) is 6.07 Å². The quantitative estimate of drug-likeness (QED) is 0.857. The largest absolute Gasteiger partial charge is 0.374 e. The van der Waals surface area contributed by atoms with Crippen LogP contribution in [0.25, 0.3) is 0 Å². The Balaban J connectivity index is 1.35. The SMILES string of the molecule is Cc1noc(NC(=O)N2CCC3(CC2)CC(c2cccc(C#N)c2)CO3)c1C. The van der Waals surface area contributed by atoms with Gasteiger partial charge in [0.25, 0.3) is 0 Å². The number of benzene rings is 1. The number of amides is 2. The summed E-state index contributed by atoms with van der Waals surface area (Å²) in [5.74, 6) is 0.714. The van der Waals surface area contributed by atoms with Crippen LogP contribution in [0.5, 0.6) is 0 Å². The van der Waals surface area contributed by atoms with Gasteiger partial charge in [-0.1, -0.05) is 17.3 Å². The minimum absolute atomic E-state index is 0.162. The zero-order chi connectivity index (χ0) is 19.7. The van der Waals surface area contributed by atoms with E-state index in [4.69, 9.17) is 14.5 Å². The van der Waals surface area contributed by atoms with Gasteiger partial charge >= 0.3 is 6.03 Å². The normalized spacial score (nSPS) is 20.9. The highest BCUT2D eigenvalue weighted by molar-refractivity contribution is 5.88. The van der Waals surface area contributed by atoms with Crippen LogP contribution in [-0.2, 0) is 4.74 Å². The third kappa shape index (κ3) is 3.48. The molecule has 2 amide bonds. The highest BCUT2D eigenvalue weighted by Crippen LogP contribution is 2.43. The number of aromatic nitrogens is 1. The number of carbonyl (C=O) groups is 1. The third-order valence-corrected chi connectivity index (χ3v) is 6.04. The Morgan fingerprint density at radius 3 is 2.82 bits per heavy atom. The van der Waals surface area contributed by atoms with E-state index >= 15 is 0 Å². The van der Waals surface area contributed by atoms with Gasteiger partial charge in [0, 0.05) is 24.6 Å². The number of nitrogens with one attached hydrogen (secondary N) is 1. The number of aryl methyl sites for hydroxylation is 1. The number of anilines is 1. The topological polar surface area (TPSA) is 91.4 Å². The Labute approximate surface area is 164 Å². The summed E-state index contributed by atoms with van der Waals surface area (Å²) in [6, 6.07) is 9.82. The van der Waals surface area contributed by atoms with Crippen LogP contribution >= 0.6 is 0 Å². The number of hydrogen-bond acceptors (Lipinski definition) is 5. The average molecular weight is 380 g/mol. The molecular formula is C21H24N4O3. The fraction of sp³-hybridized carbons (Fsp3) is 0.476. The molecule has 2 aliphatic rings. The standard InChI is InChI=1S/C21H24N4O3/c1-14-15(2)24-28-19(14)23-20(26)25-8-6-21(7-9-25)11-18(13-27-21)17-5-3-4-16(10-17)12-22/h3-5,10,18H,6-9,11,13H2,1-2H3,(H,23,26). The molecule has 1 unspecified atom stereocenters. The monoisotopic (exact) mass is 380 g/mol. The summed E-state index contributed by atoms with van der Waals surface area (Å²) in [6.45, 7) is 5.67. The van der Waals surface area contributed by atoms with E-state index in [9.17, 15) is 4.79 Å². The minimum Gasteiger partial charge on any atom is -0.374 e. The molecule has 7 nitrogen and oxygen atoms in total. The number of ether oxygens (including phenoxy) is 1. The summed E-state index contributed by atoms with van der Waals surface area (Å²) in [5.41, 5.74) is 3.29. The number of rotatable bonds is 2. The number of carbonyl (C=O) groups excluding carboxylic acids is 1. The van der Waals surface area contributed by atoms with Crippen LogP contribution in [0.2, 0.25) is 0 Å². The van der Waals surface area contributed by atoms with Crippen molar-refractivity contribution in [3.63, 3.8) is 0 Å². The van der Waals surface area contributed by atoms with Crippen LogP contribution in [0, 0.1) is 25.2 Å². The summed E-state index contributed by atoms with van der Waals surface area (Å²) in [4.78, 5) is 14.3. The third-order valence-electron chi connectivity index (χ3n) is 6.04. The highest BCUT2D eigenvalue weighted by atomic mass is 16.5. The lowest BCUT2D eigenvalue weighted by Gasteiger charge is -2.38. The fourth-order valence-corrected chi connectivity index (χ4v) is 4.09. The molecule has 2 aliphatic heterocycles. The molecule has 2 saturated heterocycles. The van der Waals surface area contributed by atoms with Gasteiger partial charge in [0.1, 0.15) is 0 Å². The van der Waals surface area contributed by atoms with Crippen molar-refractivity contribution in [1.82, 2.24) is 10.1 Å². The Bertz CT molecular complexity index is 922. The second kappa shape index (κ2) is 7.28. The number of hydrogen-bond donors (Lipinski definition) is 1. The zero-order valence-corrected chi connectivity index (χ0v) is 16.2. The number of likely N-dealkylation sites (tertiary alicyclic amines) is 1. The van der Waals surface area contributed by atoms with Crippen molar-refractivity contribution in [2.75, 3.05) is 25.0 Å². The molecule has 0 saturated carbocycles. The van der Waals surface area contributed by atoms with Gasteiger partial charge in [0.05, 0.1) is 29.5 Å². The van der Waals surface area contributed by atoms with E-state index in [1.807, 2.05) is 32.0 Å². The van der Waals surface area contributed by atoms with E-state index in [-0.39, 0.29) is 11.6 Å². The molecule has 0 radical (unpaired) electrons. The van der Waals surface area contributed by atoms with Crippen LogP contribution in [0.4, 0.5) is 10.7 Å². The van der Waals surface area contributed by atoms with E-state index in [1.54, 1.807) is 4.90 Å². The van der Waals surface area contributed by atoms with Gasteiger partial charge in [-0.2, -0.15) is 5.26 Å². The molecule has 1 aromatic carbocycles. The lowest BCUT2D eigenvalue weighted by Crippen LogP contribution is -2.47. The minimum atomic E-state index is -0.178. The lowest BCUT2D eigenvalue weighted by molar-refractivity contribution is -0.0355. The van der Waals surface area contributed by atoms with Gasteiger partial charge in [0.15, 0.2) is 0 Å². The first-order valence-corrected chi connectivity index (χ1v) is 9.62. The summed E-state index contributed by atoms with van der Waals surface area (Å²) in [7, 11) is 0. The molecule has 3 heterocycles. The Morgan fingerprint density at radius 1 is 1.36 bits per heavy atom. The number of nitriles is 1. The van der Waals surface area contributed by atoms with Gasteiger partial charge in [-0.3, -0.25) is 5.32 Å². The molecular weight excluding hydrogens is 356 g/mol. The van der Waals surface area contributed by atoms with E-state index in [1.165, 1.54) is 0 Å². The van der Waals surface area contributed by atoms with E-state index in [0.29, 0.717) is 37.1 Å². The Kier molecular flexibility index (Phi) is 4.82. The molecule has 1 spiro atoms. The maximum atomic E-state index is 12.5. The van der Waals surface area contributed by atoms with E-state index in [2.05, 4.69) is 22.6 Å². The summed E-state index contributed by atoms with van der Waals surface area (Å²) >= 11 is 0. The summed E-state index contributed by atoms with van der Waals surface area (Å²) in [5, 5.41) is 15.8. The molecule has 2 aromatic rings. The van der Waals surface area contributed by atoms with Crippen molar-refractivity contribution in [2.45, 2.75) is 44.6 Å². The second-order valence-corrected chi connectivity index (χ2v) is 7.77. The summed E-state index contributed by atoms with van der Waals surface area (Å²) < 4.78 is 11.4. The first-order chi connectivity index (χ1) is 13.5. The second-order valence-electron chi connectivity index (χ2n) is 7.77. The van der Waals surface area contributed by atoms with E-state index in [0.717, 1.165) is 36.1 Å². The summed E-state index contributed by atoms with van der Waals surface area (Å²) in [6.07, 6.45) is 2.55. The maximum absolute atomic E-state index is 12.5. The molecule has 2 fully saturated rings. The van der Waals surface area contributed by atoms with Crippen LogP contribution in [0.3, 0.4) is 0 Å². The molecule has 1 atom stereocenters. The van der Waals surface area contributed by atoms with Gasteiger partial charge in [-0.15, -0.1) is 0 Å². The van der Waals surface area contributed by atoms with Gasteiger partial charge in [-0.25, -0.2) is 4.79 Å². The fourth-order valence-electron chi connectivity index (χ4n) is 4.09. The van der Waals surface area contributed by atoms with Crippen molar-refractivity contribution in [3.05, 3.63) is 46.6 Å². The van der Waals surface area contributed by atoms with Crippen LogP contribution in [0.15, 0.2) is 28.8 Å². The lowest BCUT2D eigenvalue weighted by atomic mass is 9.83. The molecule has 0 aliphatic carbocycles. The number of piperidine rings is 1. The van der Waals surface area contributed by atoms with Crippen LogP contribution in [-0.4, -0.2) is 41.4 Å². The smallest absolute Gasteiger partial charge is 0.324 e. The molecule has 7 heteroatoms. The van der Waals surface area contributed by atoms with Crippen molar-refractivity contribution in [2.24, 2.45) is 0 Å². The maximum Gasteiger partial charge on any atom is 0.324 e. The highest BCUT2D eigenvalue weighted by Gasteiger charge is 2.43. The van der Waals surface area contributed by atoms with Crippen molar-refractivity contribution < 1.29 is 14.1 Å². The van der Waals surface area contributed by atoms with Crippen LogP contribution in [0.1, 0.15) is 47.6 Å². The Hall–Kier alpha value is -2.85. The number of urea groups is 1. The number of nitrogens with zero attached hydrogens (tertiary/aromatic N) is 3. The molecule has 1 aromatic heterocycles.